The topological polar surface area (TPSA) is 26.7 Å². The maximum Gasteiger partial charge on any atom is 0.0591 e. The third-order valence-electron chi connectivity index (χ3n) is 7.65. The predicted molar refractivity (Wildman–Crippen MR) is 142 cm³/mol. The van der Waals surface area contributed by atoms with Crippen molar-refractivity contribution in [1.82, 2.24) is 9.80 Å². The van der Waals surface area contributed by atoms with E-state index in [1.165, 1.54) is 18.4 Å². The molecule has 0 radical (unpaired) electrons. The summed E-state index contributed by atoms with van der Waals surface area (Å²) in [6.45, 7) is 12.9. The first-order chi connectivity index (χ1) is 15.7. The molecule has 0 saturated carbocycles. The first kappa shape index (κ1) is 25.5. The molecule has 3 nitrogen and oxygen atoms in total. The van der Waals surface area contributed by atoms with E-state index in [9.17, 15) is 5.11 Å². The van der Waals surface area contributed by atoms with E-state index in [2.05, 4.69) is 53.5 Å². The zero-order chi connectivity index (χ0) is 23.6. The van der Waals surface area contributed by atoms with Crippen molar-refractivity contribution in [2.24, 2.45) is 17.3 Å². The quantitative estimate of drug-likeness (QED) is 0.446. The first-order valence-corrected chi connectivity index (χ1v) is 14.0. The van der Waals surface area contributed by atoms with E-state index in [1.807, 2.05) is 12.1 Å². The molecule has 0 aliphatic carbocycles. The van der Waals surface area contributed by atoms with Gasteiger partial charge in [-0.2, -0.15) is 11.3 Å². The number of piperidine rings is 1. The van der Waals surface area contributed by atoms with E-state index in [0.29, 0.717) is 22.8 Å². The average Bonchev–Trinajstić information content (AvgIpc) is 3.41. The van der Waals surface area contributed by atoms with Gasteiger partial charge in [0.2, 0.25) is 0 Å². The molecule has 1 aromatic heterocycles. The van der Waals surface area contributed by atoms with Crippen LogP contribution in [0.3, 0.4) is 0 Å². The van der Waals surface area contributed by atoms with Gasteiger partial charge in [0.25, 0.3) is 0 Å². The van der Waals surface area contributed by atoms with Gasteiger partial charge in [-0.15, -0.1) is 0 Å². The van der Waals surface area contributed by atoms with Crippen LogP contribution in [-0.2, 0) is 6.54 Å². The van der Waals surface area contributed by atoms with Gasteiger partial charge in [-0.3, -0.25) is 4.90 Å². The number of aliphatic hydroxyl groups is 1. The maximum atomic E-state index is 10.5. The SMILES string of the molecule is CC(C)(C)[C@@H](O)CC1CCN(CC2CN(Cc3ccc(Cl)cc3Cl)CC2c2ccsc2)CC1. The lowest BCUT2D eigenvalue weighted by atomic mass is 9.80. The third-order valence-corrected chi connectivity index (χ3v) is 8.94. The van der Waals surface area contributed by atoms with Crippen LogP contribution in [0.15, 0.2) is 35.0 Å². The van der Waals surface area contributed by atoms with Gasteiger partial charge in [-0.1, -0.05) is 50.0 Å². The Bertz CT molecular complexity index is 890. The average molecular weight is 510 g/mol. The van der Waals surface area contributed by atoms with Crippen molar-refractivity contribution in [3.63, 3.8) is 0 Å². The number of nitrogens with zero attached hydrogens (tertiary/aromatic N) is 2. The highest BCUT2D eigenvalue weighted by molar-refractivity contribution is 7.08. The lowest BCUT2D eigenvalue weighted by Crippen LogP contribution is -2.40. The van der Waals surface area contributed by atoms with Crippen molar-refractivity contribution in [2.45, 2.75) is 58.6 Å². The van der Waals surface area contributed by atoms with Gasteiger partial charge in [0.1, 0.15) is 0 Å². The molecule has 0 amide bonds. The van der Waals surface area contributed by atoms with Crippen LogP contribution in [0, 0.1) is 17.3 Å². The molecule has 6 heteroatoms. The second-order valence-corrected chi connectivity index (χ2v) is 12.8. The van der Waals surface area contributed by atoms with E-state index >= 15 is 0 Å². The number of benzene rings is 1. The highest BCUT2D eigenvalue weighted by Crippen LogP contribution is 2.37. The minimum absolute atomic E-state index is 0.0226. The molecule has 3 heterocycles. The van der Waals surface area contributed by atoms with Crippen LogP contribution >= 0.6 is 34.5 Å². The van der Waals surface area contributed by atoms with Crippen LogP contribution < -0.4 is 0 Å². The normalized spacial score (nSPS) is 24.4. The van der Waals surface area contributed by atoms with Crippen molar-refractivity contribution < 1.29 is 5.11 Å². The lowest BCUT2D eigenvalue weighted by molar-refractivity contribution is 0.0283. The van der Waals surface area contributed by atoms with Gasteiger partial charge in [0.15, 0.2) is 0 Å². The van der Waals surface area contributed by atoms with Gasteiger partial charge >= 0.3 is 0 Å². The molecular weight excluding hydrogens is 471 g/mol. The Morgan fingerprint density at radius 1 is 1.09 bits per heavy atom. The van der Waals surface area contributed by atoms with E-state index in [-0.39, 0.29) is 11.5 Å². The fourth-order valence-corrected chi connectivity index (χ4v) is 6.63. The summed E-state index contributed by atoms with van der Waals surface area (Å²) in [6.07, 6.45) is 3.13. The molecule has 3 atom stereocenters. The number of likely N-dealkylation sites (tertiary alicyclic amines) is 2. The molecular formula is C27H38Cl2N2OS. The van der Waals surface area contributed by atoms with Crippen LogP contribution in [0.4, 0.5) is 0 Å². The summed E-state index contributed by atoms with van der Waals surface area (Å²) in [5.74, 6) is 1.85. The number of rotatable bonds is 7. The van der Waals surface area contributed by atoms with Gasteiger partial charge in [-0.25, -0.2) is 0 Å². The Labute approximate surface area is 213 Å². The summed E-state index contributed by atoms with van der Waals surface area (Å²) in [6, 6.07) is 8.16. The fraction of sp³-hybridized carbons (Fsp3) is 0.630. The molecule has 2 aromatic rings. The summed E-state index contributed by atoms with van der Waals surface area (Å²) < 4.78 is 0. The standard InChI is InChI=1S/C27H38Cl2N2OS/c1-27(2,3)26(32)12-19-6-9-30(10-7-19)15-22-16-31(17-24(22)21-8-11-33-18-21)14-20-4-5-23(28)13-25(20)29/h4-5,8,11,13,18-19,22,24,26,32H,6-7,9-10,12,14-17H2,1-3H3/t22?,24?,26-/m0/s1. The number of hydrogen-bond acceptors (Lipinski definition) is 4. The molecule has 0 bridgehead atoms. The van der Waals surface area contributed by atoms with Gasteiger partial charge in [0, 0.05) is 42.1 Å². The summed E-state index contributed by atoms with van der Waals surface area (Å²) in [5, 5.41) is 16.5. The summed E-state index contributed by atoms with van der Waals surface area (Å²) in [4.78, 5) is 5.23. The van der Waals surface area contributed by atoms with Gasteiger partial charge in [0.05, 0.1) is 6.10 Å². The van der Waals surface area contributed by atoms with Gasteiger partial charge < -0.3 is 10.0 Å². The third kappa shape index (κ3) is 6.74. The van der Waals surface area contributed by atoms with Crippen molar-refractivity contribution in [2.75, 3.05) is 32.7 Å². The fourth-order valence-electron chi connectivity index (χ4n) is 5.43. The second-order valence-electron chi connectivity index (χ2n) is 11.2. The highest BCUT2D eigenvalue weighted by Gasteiger charge is 2.36. The van der Waals surface area contributed by atoms with E-state index < -0.39 is 0 Å². The number of hydrogen-bond donors (Lipinski definition) is 1. The Morgan fingerprint density at radius 3 is 2.48 bits per heavy atom. The van der Waals surface area contributed by atoms with Crippen molar-refractivity contribution >= 4 is 34.5 Å². The monoisotopic (exact) mass is 508 g/mol. The van der Waals surface area contributed by atoms with E-state index in [4.69, 9.17) is 23.2 Å². The maximum absolute atomic E-state index is 10.5. The van der Waals surface area contributed by atoms with E-state index in [0.717, 1.165) is 56.3 Å². The van der Waals surface area contributed by atoms with Crippen LogP contribution in [0.5, 0.6) is 0 Å². The molecule has 0 spiro atoms. The summed E-state index contributed by atoms with van der Waals surface area (Å²) >= 11 is 14.4. The Morgan fingerprint density at radius 2 is 1.85 bits per heavy atom. The van der Waals surface area contributed by atoms with Crippen molar-refractivity contribution in [3.8, 4) is 0 Å². The van der Waals surface area contributed by atoms with Crippen LogP contribution in [0.25, 0.3) is 0 Å². The zero-order valence-corrected chi connectivity index (χ0v) is 22.5. The molecule has 182 valence electrons. The highest BCUT2D eigenvalue weighted by atomic mass is 35.5. The van der Waals surface area contributed by atoms with E-state index in [1.54, 1.807) is 11.3 Å². The van der Waals surface area contributed by atoms with Crippen molar-refractivity contribution in [3.05, 3.63) is 56.2 Å². The second kappa shape index (κ2) is 11.0. The minimum Gasteiger partial charge on any atom is -0.393 e. The van der Waals surface area contributed by atoms with Crippen LogP contribution in [0.2, 0.25) is 10.0 Å². The first-order valence-electron chi connectivity index (χ1n) is 12.3. The van der Waals surface area contributed by atoms with Crippen LogP contribution in [0.1, 0.15) is 57.1 Å². The largest absolute Gasteiger partial charge is 0.393 e. The Balaban J connectivity index is 1.35. The lowest BCUT2D eigenvalue weighted by Gasteiger charge is -2.37. The minimum atomic E-state index is -0.208. The molecule has 2 fully saturated rings. The van der Waals surface area contributed by atoms with Crippen LogP contribution in [-0.4, -0.2) is 53.7 Å². The molecule has 1 aromatic carbocycles. The molecule has 2 unspecified atom stereocenters. The predicted octanol–water partition coefficient (Wildman–Crippen LogP) is 6.78. The molecule has 33 heavy (non-hydrogen) atoms. The number of aliphatic hydroxyl groups excluding tert-OH is 1. The Hall–Kier alpha value is -0.620. The summed E-state index contributed by atoms with van der Waals surface area (Å²) in [5.41, 5.74) is 2.62. The molecule has 1 N–H and O–H groups in total. The summed E-state index contributed by atoms with van der Waals surface area (Å²) in [7, 11) is 0. The number of thiophene rings is 1. The molecule has 4 rings (SSSR count). The molecule has 2 aliphatic heterocycles. The van der Waals surface area contributed by atoms with Crippen molar-refractivity contribution in [1.29, 1.82) is 0 Å². The smallest absolute Gasteiger partial charge is 0.0591 e. The zero-order valence-electron chi connectivity index (χ0n) is 20.1. The number of halogens is 2. The molecule has 2 aliphatic rings. The molecule has 2 saturated heterocycles. The van der Waals surface area contributed by atoms with Gasteiger partial charge in [-0.05, 0) is 89.7 Å². The Kier molecular flexibility index (Phi) is 8.47.